The summed E-state index contributed by atoms with van der Waals surface area (Å²) in [6, 6.07) is 0. The second kappa shape index (κ2) is 5.66. The van der Waals surface area contributed by atoms with Gasteiger partial charge in [0.2, 0.25) is 5.91 Å². The van der Waals surface area contributed by atoms with Crippen LogP contribution in [-0.2, 0) is 14.6 Å². The van der Waals surface area contributed by atoms with Gasteiger partial charge < -0.3 is 10.0 Å². The third-order valence-electron chi connectivity index (χ3n) is 2.42. The van der Waals surface area contributed by atoms with Gasteiger partial charge in [-0.15, -0.1) is 0 Å². The summed E-state index contributed by atoms with van der Waals surface area (Å²) in [5, 5.41) is 9.27. The van der Waals surface area contributed by atoms with Crippen molar-refractivity contribution in [2.75, 3.05) is 24.0 Å². The van der Waals surface area contributed by atoms with E-state index in [1.165, 1.54) is 14.0 Å². The quantitative estimate of drug-likeness (QED) is 0.851. The van der Waals surface area contributed by atoms with E-state index in [1.807, 2.05) is 0 Å². The summed E-state index contributed by atoms with van der Waals surface area (Å²) in [7, 11) is -1.83. The number of carboxylic acid groups (broad SMARTS) is 1. The molecule has 0 spiro atoms. The van der Waals surface area contributed by atoms with E-state index in [9.17, 15) is 18.0 Å². The number of hydrogen-bond acceptors (Lipinski definition) is 6. The number of amides is 1. The minimum Gasteiger partial charge on any atom is -0.478 e. The highest BCUT2D eigenvalue weighted by atomic mass is 32.2. The van der Waals surface area contributed by atoms with Crippen LogP contribution >= 0.6 is 11.5 Å². The van der Waals surface area contributed by atoms with Gasteiger partial charge in [-0.2, -0.15) is 4.37 Å². The summed E-state index contributed by atoms with van der Waals surface area (Å²) in [5.41, 5.74) is 0.301. The third-order valence-corrected chi connectivity index (χ3v) is 4.39. The molecule has 0 saturated carbocycles. The van der Waals surface area contributed by atoms with E-state index < -0.39 is 21.7 Å². The minimum absolute atomic E-state index is 0.0276. The van der Waals surface area contributed by atoms with E-state index in [4.69, 9.17) is 5.11 Å². The van der Waals surface area contributed by atoms with Gasteiger partial charge in [-0.1, -0.05) is 0 Å². The van der Waals surface area contributed by atoms with E-state index >= 15 is 0 Å². The van der Waals surface area contributed by atoms with Crippen molar-refractivity contribution in [2.24, 2.45) is 0 Å². The fraction of sp³-hybridized carbons (Fsp3) is 0.500. The molecule has 0 aliphatic carbocycles. The van der Waals surface area contributed by atoms with Gasteiger partial charge in [0.1, 0.15) is 20.4 Å². The summed E-state index contributed by atoms with van der Waals surface area (Å²) in [6.45, 7) is 1.54. The molecule has 0 unspecified atom stereocenters. The molecule has 1 rings (SSSR count). The van der Waals surface area contributed by atoms with Crippen LogP contribution < -0.4 is 4.90 Å². The Morgan fingerprint density at radius 3 is 2.47 bits per heavy atom. The molecule has 0 fully saturated rings. The van der Waals surface area contributed by atoms with E-state index in [0.717, 1.165) is 22.7 Å². The number of nitrogens with zero attached hydrogens (tertiary/aromatic N) is 2. The number of sulfone groups is 1. The molecule has 0 saturated heterocycles. The number of carbonyl (C=O) groups excluding carboxylic acids is 1. The van der Waals surface area contributed by atoms with E-state index in [-0.39, 0.29) is 22.7 Å². The van der Waals surface area contributed by atoms with Crippen molar-refractivity contribution in [1.82, 2.24) is 4.37 Å². The number of rotatable bonds is 5. The summed E-state index contributed by atoms with van der Waals surface area (Å²) in [4.78, 5) is 24.0. The lowest BCUT2D eigenvalue weighted by molar-refractivity contribution is -0.117. The summed E-state index contributed by atoms with van der Waals surface area (Å²) in [5.74, 6) is -1.89. The fourth-order valence-electron chi connectivity index (χ4n) is 1.39. The molecule has 0 radical (unpaired) electrons. The van der Waals surface area contributed by atoms with Crippen LogP contribution in [0.1, 0.15) is 22.5 Å². The largest absolute Gasteiger partial charge is 0.478 e. The number of aromatic nitrogens is 1. The van der Waals surface area contributed by atoms with Crippen LogP contribution in [0.4, 0.5) is 5.00 Å². The first-order chi connectivity index (χ1) is 8.63. The molecule has 0 bridgehead atoms. The molecule has 106 valence electrons. The van der Waals surface area contributed by atoms with Gasteiger partial charge in [0, 0.05) is 19.7 Å². The van der Waals surface area contributed by atoms with E-state index in [0.29, 0.717) is 5.69 Å². The summed E-state index contributed by atoms with van der Waals surface area (Å²) >= 11 is 0.899. The van der Waals surface area contributed by atoms with Gasteiger partial charge in [0.15, 0.2) is 0 Å². The SMILES string of the molecule is Cc1nsc(N(C)C(=O)CCS(C)(=O)=O)c1C(=O)O. The highest BCUT2D eigenvalue weighted by molar-refractivity contribution is 7.90. The second-order valence-electron chi connectivity index (χ2n) is 4.09. The lowest BCUT2D eigenvalue weighted by Gasteiger charge is -2.15. The average Bonchev–Trinajstić information content (AvgIpc) is 2.66. The fourth-order valence-corrected chi connectivity index (χ4v) is 2.80. The molecule has 1 aromatic rings. The lowest BCUT2D eigenvalue weighted by Crippen LogP contribution is -2.28. The van der Waals surface area contributed by atoms with Crippen LogP contribution in [0.25, 0.3) is 0 Å². The molecule has 0 aliphatic heterocycles. The summed E-state index contributed by atoms with van der Waals surface area (Å²) in [6.07, 6.45) is 0.852. The zero-order chi connectivity index (χ0) is 14.8. The molecule has 7 nitrogen and oxygen atoms in total. The number of carboxylic acids is 1. The van der Waals surface area contributed by atoms with Crippen molar-refractivity contribution >= 4 is 38.2 Å². The van der Waals surface area contributed by atoms with Crippen molar-refractivity contribution in [3.05, 3.63) is 11.3 Å². The van der Waals surface area contributed by atoms with E-state index in [1.54, 1.807) is 0 Å². The van der Waals surface area contributed by atoms with Crippen LogP contribution in [0.3, 0.4) is 0 Å². The van der Waals surface area contributed by atoms with Crippen LogP contribution in [-0.4, -0.2) is 48.8 Å². The number of hydrogen-bond donors (Lipinski definition) is 1. The van der Waals surface area contributed by atoms with Crippen molar-refractivity contribution in [3.8, 4) is 0 Å². The van der Waals surface area contributed by atoms with Gasteiger partial charge >= 0.3 is 5.97 Å². The average molecular weight is 306 g/mol. The lowest BCUT2D eigenvalue weighted by atomic mass is 10.2. The molecular weight excluding hydrogens is 292 g/mol. The molecule has 9 heteroatoms. The van der Waals surface area contributed by atoms with Crippen LogP contribution in [0.15, 0.2) is 0 Å². The Labute approximate surface area is 114 Å². The molecule has 0 atom stereocenters. The van der Waals surface area contributed by atoms with Crippen LogP contribution in [0, 0.1) is 6.92 Å². The Bertz CT molecular complexity index is 605. The Kier molecular flexibility index (Phi) is 4.64. The molecule has 1 amide bonds. The Hall–Kier alpha value is -1.48. The minimum atomic E-state index is -3.23. The standard InChI is InChI=1S/C10H14N2O5S2/c1-6-8(10(14)15)9(18-11-6)12(2)7(13)4-5-19(3,16)17/h4-5H2,1-3H3,(H,14,15). The maximum atomic E-state index is 11.8. The van der Waals surface area contributed by atoms with Gasteiger partial charge in [0.25, 0.3) is 0 Å². The number of aryl methyl sites for hydroxylation is 1. The zero-order valence-corrected chi connectivity index (χ0v) is 12.3. The van der Waals surface area contributed by atoms with Gasteiger partial charge in [-0.3, -0.25) is 4.79 Å². The first-order valence-corrected chi connectivity index (χ1v) is 8.10. The van der Waals surface area contributed by atoms with Gasteiger partial charge in [-0.25, -0.2) is 13.2 Å². The molecule has 19 heavy (non-hydrogen) atoms. The van der Waals surface area contributed by atoms with Gasteiger partial charge in [0.05, 0.1) is 11.4 Å². The molecule has 1 N–H and O–H groups in total. The smallest absolute Gasteiger partial charge is 0.340 e. The Morgan fingerprint density at radius 1 is 1.42 bits per heavy atom. The van der Waals surface area contributed by atoms with Crippen LogP contribution in [0.5, 0.6) is 0 Å². The molecular formula is C10H14N2O5S2. The first kappa shape index (κ1) is 15.6. The first-order valence-electron chi connectivity index (χ1n) is 5.27. The number of aromatic carboxylic acids is 1. The maximum Gasteiger partial charge on any atom is 0.340 e. The Balaban J connectivity index is 2.92. The normalized spacial score (nSPS) is 11.3. The molecule has 0 aromatic carbocycles. The van der Waals surface area contributed by atoms with Crippen molar-refractivity contribution in [3.63, 3.8) is 0 Å². The summed E-state index contributed by atoms with van der Waals surface area (Å²) < 4.78 is 25.9. The molecule has 1 heterocycles. The predicted octanol–water partition coefficient (Wildman–Crippen LogP) is 0.547. The van der Waals surface area contributed by atoms with Crippen molar-refractivity contribution in [2.45, 2.75) is 13.3 Å². The number of carbonyl (C=O) groups is 2. The van der Waals surface area contributed by atoms with Crippen molar-refractivity contribution in [1.29, 1.82) is 0 Å². The molecule has 0 aliphatic rings. The van der Waals surface area contributed by atoms with Crippen LogP contribution in [0.2, 0.25) is 0 Å². The predicted molar refractivity (Wildman–Crippen MR) is 71.5 cm³/mol. The van der Waals surface area contributed by atoms with Gasteiger partial charge in [-0.05, 0) is 18.5 Å². The topological polar surface area (TPSA) is 105 Å². The Morgan fingerprint density at radius 2 is 2.00 bits per heavy atom. The second-order valence-corrected chi connectivity index (χ2v) is 7.10. The van der Waals surface area contributed by atoms with E-state index in [2.05, 4.69) is 4.37 Å². The zero-order valence-electron chi connectivity index (χ0n) is 10.7. The van der Waals surface area contributed by atoms with Crippen molar-refractivity contribution < 1.29 is 23.1 Å². The molecule has 1 aromatic heterocycles. The monoisotopic (exact) mass is 306 g/mol. The third kappa shape index (κ3) is 4.00. The maximum absolute atomic E-state index is 11.8. The highest BCUT2D eigenvalue weighted by Crippen LogP contribution is 2.28. The number of anilines is 1. The highest BCUT2D eigenvalue weighted by Gasteiger charge is 2.24.